The van der Waals surface area contributed by atoms with Gasteiger partial charge in [-0.15, -0.1) is 0 Å². The molecule has 5 heteroatoms. The maximum Gasteiger partial charge on any atom is 0.150 e. The van der Waals surface area contributed by atoms with Crippen LogP contribution in [0, 0.1) is 3.57 Å². The Balaban J connectivity index is 2.31. The second kappa shape index (κ2) is 5.33. The van der Waals surface area contributed by atoms with Crippen LogP contribution in [0.5, 0.6) is 11.5 Å². The van der Waals surface area contributed by atoms with E-state index in [1.165, 1.54) is 0 Å². The molecule has 0 unspecified atom stereocenters. The zero-order valence-corrected chi connectivity index (χ0v) is 12.3. The monoisotopic (exact) mass is 379 g/mol. The molecule has 0 saturated carbocycles. The van der Waals surface area contributed by atoms with Crippen molar-refractivity contribution in [2.75, 3.05) is 5.73 Å². The summed E-state index contributed by atoms with van der Waals surface area (Å²) in [5.74, 6) is 1.11. The Bertz CT molecular complexity index is 511. The number of hydrogen-bond donors (Lipinski definition) is 1. The van der Waals surface area contributed by atoms with Crippen molar-refractivity contribution in [1.82, 2.24) is 0 Å². The van der Waals surface area contributed by atoms with Crippen LogP contribution in [0.15, 0.2) is 36.4 Å². The van der Waals surface area contributed by atoms with Crippen molar-refractivity contribution >= 4 is 51.5 Å². The lowest BCUT2D eigenvalue weighted by Crippen LogP contribution is -1.93. The molecule has 0 saturated heterocycles. The molecule has 2 N–H and O–H groups in total. The maximum atomic E-state index is 6.01. The van der Waals surface area contributed by atoms with Gasteiger partial charge in [-0.25, -0.2) is 0 Å². The molecule has 88 valence electrons. The number of hydrogen-bond acceptors (Lipinski definition) is 2. The highest BCUT2D eigenvalue weighted by molar-refractivity contribution is 14.1. The Hall–Kier alpha value is -0.650. The van der Waals surface area contributed by atoms with Gasteiger partial charge in [-0.1, -0.05) is 23.2 Å². The summed E-state index contributed by atoms with van der Waals surface area (Å²) < 4.78 is 6.68. The van der Waals surface area contributed by atoms with E-state index in [9.17, 15) is 0 Å². The van der Waals surface area contributed by atoms with Crippen LogP contribution in [0.3, 0.4) is 0 Å². The first-order valence-corrected chi connectivity index (χ1v) is 6.57. The van der Waals surface area contributed by atoms with Gasteiger partial charge in [0, 0.05) is 8.59 Å². The molecule has 0 amide bonds. The van der Waals surface area contributed by atoms with E-state index in [1.807, 2.05) is 18.2 Å². The molecule has 0 atom stereocenters. The molecule has 0 bridgehead atoms. The summed E-state index contributed by atoms with van der Waals surface area (Å²) in [6, 6.07) is 10.6. The van der Waals surface area contributed by atoms with E-state index in [1.54, 1.807) is 18.2 Å². The predicted molar refractivity (Wildman–Crippen MR) is 80.1 cm³/mol. The molecular weight excluding hydrogens is 372 g/mol. The third-order valence-corrected chi connectivity index (χ3v) is 3.29. The predicted octanol–water partition coefficient (Wildman–Crippen LogP) is 4.97. The van der Waals surface area contributed by atoms with Crippen LogP contribution in [0.4, 0.5) is 5.69 Å². The number of benzene rings is 2. The van der Waals surface area contributed by atoms with Gasteiger partial charge < -0.3 is 10.5 Å². The quantitative estimate of drug-likeness (QED) is 0.590. The van der Waals surface area contributed by atoms with Crippen molar-refractivity contribution in [3.05, 3.63) is 50.0 Å². The first kappa shape index (κ1) is 12.8. The van der Waals surface area contributed by atoms with Gasteiger partial charge in [0.15, 0.2) is 0 Å². The van der Waals surface area contributed by atoms with Crippen molar-refractivity contribution in [2.24, 2.45) is 0 Å². The van der Waals surface area contributed by atoms with Gasteiger partial charge in [-0.05, 0) is 59.0 Å². The molecule has 0 radical (unpaired) electrons. The highest BCUT2D eigenvalue weighted by atomic mass is 127. The van der Waals surface area contributed by atoms with E-state index in [0.29, 0.717) is 27.2 Å². The zero-order valence-electron chi connectivity index (χ0n) is 8.58. The topological polar surface area (TPSA) is 35.2 Å². The third kappa shape index (κ3) is 3.18. The molecule has 17 heavy (non-hydrogen) atoms. The molecule has 2 aromatic carbocycles. The highest BCUT2D eigenvalue weighted by Crippen LogP contribution is 2.34. The maximum absolute atomic E-state index is 6.01. The molecule has 2 rings (SSSR count). The molecule has 0 aliphatic rings. The van der Waals surface area contributed by atoms with Gasteiger partial charge in [-0.2, -0.15) is 0 Å². The van der Waals surface area contributed by atoms with Crippen LogP contribution in [0.2, 0.25) is 10.0 Å². The fourth-order valence-electron chi connectivity index (χ4n) is 1.29. The fourth-order valence-corrected chi connectivity index (χ4v) is 2.25. The van der Waals surface area contributed by atoms with Gasteiger partial charge in [0.25, 0.3) is 0 Å². The van der Waals surface area contributed by atoms with Crippen LogP contribution in [-0.4, -0.2) is 0 Å². The molecule has 0 fully saturated rings. The third-order valence-electron chi connectivity index (χ3n) is 2.09. The standard InChI is InChI=1S/C12H8Cl2INO/c13-7-1-3-11(9(14)5-7)17-12-4-2-8(15)6-10(12)16/h1-6H,16H2. The summed E-state index contributed by atoms with van der Waals surface area (Å²) in [5.41, 5.74) is 6.42. The van der Waals surface area contributed by atoms with E-state index in [4.69, 9.17) is 33.7 Å². The lowest BCUT2D eigenvalue weighted by atomic mass is 10.3. The molecule has 2 aromatic rings. The largest absolute Gasteiger partial charge is 0.454 e. The van der Waals surface area contributed by atoms with E-state index in [0.717, 1.165) is 3.57 Å². The second-order valence-electron chi connectivity index (χ2n) is 3.36. The molecule has 2 nitrogen and oxygen atoms in total. The van der Waals surface area contributed by atoms with E-state index < -0.39 is 0 Å². The van der Waals surface area contributed by atoms with Crippen molar-refractivity contribution in [2.45, 2.75) is 0 Å². The average molecular weight is 380 g/mol. The molecule has 0 spiro atoms. The number of nitrogens with two attached hydrogens (primary N) is 1. The summed E-state index contributed by atoms with van der Waals surface area (Å²) in [5, 5.41) is 1.02. The average Bonchev–Trinajstić information content (AvgIpc) is 2.25. The van der Waals surface area contributed by atoms with Crippen LogP contribution in [0.25, 0.3) is 0 Å². The number of ether oxygens (including phenoxy) is 1. The van der Waals surface area contributed by atoms with Gasteiger partial charge in [0.1, 0.15) is 11.5 Å². The molecular formula is C12H8Cl2INO. The Kier molecular flexibility index (Phi) is 4.01. The number of anilines is 1. The Morgan fingerprint density at radius 3 is 2.35 bits per heavy atom. The molecule has 0 heterocycles. The first-order chi connectivity index (χ1) is 8.06. The molecule has 0 aliphatic heterocycles. The minimum atomic E-state index is 0.454. The number of rotatable bonds is 2. The van der Waals surface area contributed by atoms with Crippen LogP contribution < -0.4 is 10.5 Å². The van der Waals surface area contributed by atoms with Crippen LogP contribution in [-0.2, 0) is 0 Å². The number of nitrogen functional groups attached to an aromatic ring is 1. The van der Waals surface area contributed by atoms with Crippen molar-refractivity contribution in [1.29, 1.82) is 0 Å². The lowest BCUT2D eigenvalue weighted by Gasteiger charge is -2.10. The smallest absolute Gasteiger partial charge is 0.150 e. The SMILES string of the molecule is Nc1cc(I)ccc1Oc1ccc(Cl)cc1Cl. The summed E-state index contributed by atoms with van der Waals surface area (Å²) in [7, 11) is 0. The minimum Gasteiger partial charge on any atom is -0.454 e. The molecule has 0 aliphatic carbocycles. The van der Waals surface area contributed by atoms with Crippen LogP contribution in [0.1, 0.15) is 0 Å². The summed E-state index contributed by atoms with van der Waals surface area (Å²) in [6.45, 7) is 0. The van der Waals surface area contributed by atoms with Gasteiger partial charge in [0.2, 0.25) is 0 Å². The zero-order chi connectivity index (χ0) is 12.4. The normalized spacial score (nSPS) is 10.3. The van der Waals surface area contributed by atoms with Gasteiger partial charge in [0.05, 0.1) is 10.7 Å². The summed E-state index contributed by atoms with van der Waals surface area (Å²) >= 11 is 14.0. The van der Waals surface area contributed by atoms with Crippen LogP contribution >= 0.6 is 45.8 Å². The Morgan fingerprint density at radius 2 is 1.71 bits per heavy atom. The van der Waals surface area contributed by atoms with Gasteiger partial charge >= 0.3 is 0 Å². The van der Waals surface area contributed by atoms with E-state index >= 15 is 0 Å². The molecule has 0 aromatic heterocycles. The summed E-state index contributed by atoms with van der Waals surface area (Å²) in [6.07, 6.45) is 0. The fraction of sp³-hybridized carbons (Fsp3) is 0. The lowest BCUT2D eigenvalue weighted by molar-refractivity contribution is 0.485. The minimum absolute atomic E-state index is 0.454. The highest BCUT2D eigenvalue weighted by Gasteiger charge is 2.06. The second-order valence-corrected chi connectivity index (χ2v) is 5.45. The number of halogens is 3. The van der Waals surface area contributed by atoms with Gasteiger partial charge in [-0.3, -0.25) is 0 Å². The first-order valence-electron chi connectivity index (χ1n) is 4.74. The van der Waals surface area contributed by atoms with Crippen molar-refractivity contribution in [3.63, 3.8) is 0 Å². The van der Waals surface area contributed by atoms with E-state index in [-0.39, 0.29) is 0 Å². The van der Waals surface area contributed by atoms with E-state index in [2.05, 4.69) is 22.6 Å². The summed E-state index contributed by atoms with van der Waals surface area (Å²) in [4.78, 5) is 0. The Labute approximate surface area is 123 Å². The van der Waals surface area contributed by atoms with Crippen molar-refractivity contribution in [3.8, 4) is 11.5 Å². The van der Waals surface area contributed by atoms with Crippen molar-refractivity contribution < 1.29 is 4.74 Å². The Morgan fingerprint density at radius 1 is 1.00 bits per heavy atom.